The minimum Gasteiger partial charge on any atom is -0.352 e. The summed E-state index contributed by atoms with van der Waals surface area (Å²) in [6.45, 7) is 8.06. The number of aryl methyl sites for hydroxylation is 1. The molecule has 0 aliphatic heterocycles. The summed E-state index contributed by atoms with van der Waals surface area (Å²) >= 11 is 6.12. The number of hydrogen-bond acceptors (Lipinski definition) is 4. The van der Waals surface area contributed by atoms with Gasteiger partial charge in [-0.25, -0.2) is 8.42 Å². The molecule has 2 aromatic rings. The summed E-state index contributed by atoms with van der Waals surface area (Å²) in [5.74, 6) is -0.371. The Morgan fingerprint density at radius 2 is 1.72 bits per heavy atom. The summed E-state index contributed by atoms with van der Waals surface area (Å²) < 4.78 is 26.4. The second-order valence-electron chi connectivity index (χ2n) is 9.12. The first-order chi connectivity index (χ1) is 17.0. The van der Waals surface area contributed by atoms with Gasteiger partial charge in [0.15, 0.2) is 0 Å². The van der Waals surface area contributed by atoms with Gasteiger partial charge in [-0.15, -0.1) is 0 Å². The lowest BCUT2D eigenvalue weighted by molar-refractivity contribution is -0.141. The number of rotatable bonds is 13. The van der Waals surface area contributed by atoms with Crippen LogP contribution in [0.25, 0.3) is 0 Å². The summed E-state index contributed by atoms with van der Waals surface area (Å²) in [6, 6.07) is 14.0. The van der Waals surface area contributed by atoms with E-state index in [0.29, 0.717) is 30.1 Å². The van der Waals surface area contributed by atoms with Crippen molar-refractivity contribution in [2.24, 2.45) is 0 Å². The fourth-order valence-corrected chi connectivity index (χ4v) is 5.16. The van der Waals surface area contributed by atoms with Gasteiger partial charge >= 0.3 is 0 Å². The largest absolute Gasteiger partial charge is 0.352 e. The van der Waals surface area contributed by atoms with Gasteiger partial charge < -0.3 is 10.2 Å². The Hall–Kier alpha value is -2.58. The molecule has 0 spiro atoms. The zero-order valence-corrected chi connectivity index (χ0v) is 23.4. The van der Waals surface area contributed by atoms with Crippen LogP contribution in [0.5, 0.6) is 0 Å². The molecule has 0 saturated heterocycles. The molecule has 7 nitrogen and oxygen atoms in total. The number of sulfonamides is 1. The number of nitrogens with one attached hydrogen (secondary N) is 1. The second kappa shape index (κ2) is 13.7. The Kier molecular flexibility index (Phi) is 11.2. The van der Waals surface area contributed by atoms with Crippen molar-refractivity contribution >= 4 is 39.1 Å². The van der Waals surface area contributed by atoms with Crippen molar-refractivity contribution in [3.63, 3.8) is 0 Å². The smallest absolute Gasteiger partial charge is 0.243 e. The normalized spacial score (nSPS) is 13.1. The average Bonchev–Trinajstić information content (AvgIpc) is 2.83. The van der Waals surface area contributed by atoms with E-state index in [0.717, 1.165) is 23.8 Å². The minimum atomic E-state index is -3.59. The highest BCUT2D eigenvalue weighted by Crippen LogP contribution is 2.27. The van der Waals surface area contributed by atoms with E-state index in [-0.39, 0.29) is 30.8 Å². The number of halogens is 1. The maximum Gasteiger partial charge on any atom is 0.243 e. The molecule has 0 unspecified atom stereocenters. The molecule has 0 aliphatic carbocycles. The van der Waals surface area contributed by atoms with Gasteiger partial charge in [-0.2, -0.15) is 0 Å². The molecular formula is C27H38ClN3O4S. The highest BCUT2D eigenvalue weighted by molar-refractivity contribution is 7.92. The summed E-state index contributed by atoms with van der Waals surface area (Å²) in [4.78, 5) is 28.1. The van der Waals surface area contributed by atoms with Crippen LogP contribution in [0.3, 0.4) is 0 Å². The molecule has 0 bridgehead atoms. The van der Waals surface area contributed by atoms with Crippen LogP contribution in [0.15, 0.2) is 48.5 Å². The van der Waals surface area contributed by atoms with Gasteiger partial charge in [-0.1, -0.05) is 61.8 Å². The summed E-state index contributed by atoms with van der Waals surface area (Å²) in [5, 5.41) is 3.43. The number of benzene rings is 2. The SMILES string of the molecule is CC[C@@H](C)NC(=O)[C@H](CC)N(Cc1ccccc1)C(=O)CCCN(c1cc(Cl)ccc1C)S(C)(=O)=O. The van der Waals surface area contributed by atoms with Gasteiger partial charge in [0.2, 0.25) is 21.8 Å². The lowest BCUT2D eigenvalue weighted by Crippen LogP contribution is -2.50. The first kappa shape index (κ1) is 29.6. The standard InChI is InChI=1S/C27H38ClN3O4S/c1-6-21(4)29-27(33)24(7-2)30(19-22-12-9-8-10-13-22)26(32)14-11-17-31(36(5,34)35)25-18-23(28)16-15-20(25)3/h8-10,12-13,15-16,18,21,24H,6-7,11,14,17,19H2,1-5H3,(H,29,33)/t21-,24+/m1/s1. The molecule has 9 heteroatoms. The van der Waals surface area contributed by atoms with Crippen LogP contribution in [0.4, 0.5) is 5.69 Å². The van der Waals surface area contributed by atoms with E-state index in [2.05, 4.69) is 5.32 Å². The number of nitrogens with zero attached hydrogens (tertiary/aromatic N) is 2. The number of anilines is 1. The maximum atomic E-state index is 13.5. The van der Waals surface area contributed by atoms with Crippen LogP contribution in [0.2, 0.25) is 5.02 Å². The molecule has 2 atom stereocenters. The van der Waals surface area contributed by atoms with Gasteiger partial charge in [-0.3, -0.25) is 13.9 Å². The van der Waals surface area contributed by atoms with Gasteiger partial charge in [-0.05, 0) is 56.4 Å². The zero-order chi connectivity index (χ0) is 26.9. The van der Waals surface area contributed by atoms with Crippen LogP contribution >= 0.6 is 11.6 Å². The Morgan fingerprint density at radius 3 is 2.31 bits per heavy atom. The third-order valence-corrected chi connectivity index (χ3v) is 7.59. The predicted octanol–water partition coefficient (Wildman–Crippen LogP) is 4.92. The molecule has 0 aromatic heterocycles. The zero-order valence-electron chi connectivity index (χ0n) is 21.8. The molecule has 0 aliphatic rings. The van der Waals surface area contributed by atoms with E-state index in [9.17, 15) is 18.0 Å². The summed E-state index contributed by atoms with van der Waals surface area (Å²) in [6.07, 6.45) is 2.80. The van der Waals surface area contributed by atoms with E-state index in [4.69, 9.17) is 11.6 Å². The number of hydrogen-bond donors (Lipinski definition) is 1. The molecule has 2 aromatic carbocycles. The van der Waals surface area contributed by atoms with Crippen molar-refractivity contribution in [3.8, 4) is 0 Å². The molecule has 0 fully saturated rings. The fourth-order valence-electron chi connectivity index (χ4n) is 3.97. The first-order valence-electron chi connectivity index (χ1n) is 12.4. The van der Waals surface area contributed by atoms with Crippen LogP contribution in [0, 0.1) is 6.92 Å². The van der Waals surface area contributed by atoms with E-state index >= 15 is 0 Å². The molecule has 1 N–H and O–H groups in total. The Morgan fingerprint density at radius 1 is 1.06 bits per heavy atom. The molecule has 2 amide bonds. The summed E-state index contributed by atoms with van der Waals surface area (Å²) in [7, 11) is -3.59. The molecule has 2 rings (SSSR count). The van der Waals surface area contributed by atoms with Crippen molar-refractivity contribution in [1.82, 2.24) is 10.2 Å². The van der Waals surface area contributed by atoms with E-state index < -0.39 is 16.1 Å². The van der Waals surface area contributed by atoms with Crippen molar-refractivity contribution in [2.45, 2.75) is 72.0 Å². The van der Waals surface area contributed by atoms with Crippen LogP contribution in [0.1, 0.15) is 57.6 Å². The van der Waals surface area contributed by atoms with Gasteiger partial charge in [0.1, 0.15) is 6.04 Å². The second-order valence-corrected chi connectivity index (χ2v) is 11.5. The van der Waals surface area contributed by atoms with Crippen LogP contribution in [-0.4, -0.2) is 50.0 Å². The first-order valence-corrected chi connectivity index (χ1v) is 14.6. The monoisotopic (exact) mass is 535 g/mol. The van der Waals surface area contributed by atoms with Gasteiger partial charge in [0, 0.05) is 30.6 Å². The molecule has 0 heterocycles. The predicted molar refractivity (Wildman–Crippen MR) is 147 cm³/mol. The molecular weight excluding hydrogens is 498 g/mol. The van der Waals surface area contributed by atoms with Crippen molar-refractivity contribution < 1.29 is 18.0 Å². The quantitative estimate of drug-likeness (QED) is 0.394. The number of amides is 2. The highest BCUT2D eigenvalue weighted by Gasteiger charge is 2.29. The number of carbonyl (C=O) groups is 2. The third kappa shape index (κ3) is 8.52. The Bertz CT molecular complexity index is 1130. The maximum absolute atomic E-state index is 13.5. The van der Waals surface area contributed by atoms with Gasteiger partial charge in [0.05, 0.1) is 11.9 Å². The topological polar surface area (TPSA) is 86.8 Å². The Labute approximate surface area is 220 Å². The summed E-state index contributed by atoms with van der Waals surface area (Å²) in [5.41, 5.74) is 2.19. The molecule has 0 radical (unpaired) electrons. The van der Waals surface area contributed by atoms with Crippen molar-refractivity contribution in [2.75, 3.05) is 17.1 Å². The lowest BCUT2D eigenvalue weighted by atomic mass is 10.1. The van der Waals surface area contributed by atoms with Crippen molar-refractivity contribution in [3.05, 3.63) is 64.7 Å². The van der Waals surface area contributed by atoms with Crippen molar-refractivity contribution in [1.29, 1.82) is 0 Å². The van der Waals surface area contributed by atoms with Gasteiger partial charge in [0.25, 0.3) is 0 Å². The van der Waals surface area contributed by atoms with Crippen LogP contribution in [-0.2, 0) is 26.2 Å². The number of carbonyl (C=O) groups excluding carboxylic acids is 2. The molecule has 36 heavy (non-hydrogen) atoms. The van der Waals surface area contributed by atoms with E-state index in [1.54, 1.807) is 23.1 Å². The van der Waals surface area contributed by atoms with Crippen LogP contribution < -0.4 is 9.62 Å². The highest BCUT2D eigenvalue weighted by atomic mass is 35.5. The lowest BCUT2D eigenvalue weighted by Gasteiger charge is -2.32. The Balaban J connectivity index is 2.23. The third-order valence-electron chi connectivity index (χ3n) is 6.17. The fraction of sp³-hybridized carbons (Fsp3) is 0.481. The minimum absolute atomic E-state index is 0.00415. The molecule has 0 saturated carbocycles. The molecule has 198 valence electrons. The average molecular weight is 536 g/mol. The van der Waals surface area contributed by atoms with E-state index in [1.165, 1.54) is 4.31 Å². The van der Waals surface area contributed by atoms with E-state index in [1.807, 2.05) is 58.0 Å².